The van der Waals surface area contributed by atoms with Gasteiger partial charge in [0.1, 0.15) is 0 Å². The molecule has 0 aromatic heterocycles. The van der Waals surface area contributed by atoms with Gasteiger partial charge in [0.2, 0.25) is 0 Å². The van der Waals surface area contributed by atoms with E-state index in [1.54, 1.807) is 11.1 Å². The van der Waals surface area contributed by atoms with Crippen molar-refractivity contribution >= 4 is 0 Å². The summed E-state index contributed by atoms with van der Waals surface area (Å²) in [5, 5.41) is 0. The highest BCUT2D eigenvalue weighted by molar-refractivity contribution is 5.88. The van der Waals surface area contributed by atoms with Crippen LogP contribution in [0.3, 0.4) is 0 Å². The second-order valence-electron chi connectivity index (χ2n) is 9.36. The van der Waals surface area contributed by atoms with Crippen LogP contribution in [0.15, 0.2) is 66.7 Å². The number of hydrogen-bond donors (Lipinski definition) is 0. The molecule has 0 amide bonds. The van der Waals surface area contributed by atoms with Crippen molar-refractivity contribution in [1.82, 2.24) is 0 Å². The zero-order chi connectivity index (χ0) is 21.7. The van der Waals surface area contributed by atoms with Crippen molar-refractivity contribution in [2.75, 3.05) is 0 Å². The van der Waals surface area contributed by atoms with Crippen LogP contribution in [0.5, 0.6) is 0 Å². The number of aryl methyl sites for hydroxylation is 1. The van der Waals surface area contributed by atoms with Crippen molar-refractivity contribution in [1.29, 1.82) is 0 Å². The summed E-state index contributed by atoms with van der Waals surface area (Å²) in [4.78, 5) is 0. The zero-order valence-electron chi connectivity index (χ0n) is 19.7. The average Bonchev–Trinajstić information content (AvgIpc) is 3.11. The van der Waals surface area contributed by atoms with E-state index in [1.165, 1.54) is 85.6 Å². The Morgan fingerprint density at radius 3 is 1.87 bits per heavy atom. The van der Waals surface area contributed by atoms with Crippen LogP contribution in [0.1, 0.15) is 88.8 Å². The lowest BCUT2D eigenvalue weighted by molar-refractivity contribution is 0.415. The largest absolute Gasteiger partial charge is 0.0654 e. The molecule has 1 aliphatic rings. The molecule has 0 atom stereocenters. The molecule has 4 rings (SSSR count). The molecule has 1 aliphatic carbocycles. The van der Waals surface area contributed by atoms with E-state index in [4.69, 9.17) is 0 Å². The fourth-order valence-corrected chi connectivity index (χ4v) is 5.64. The predicted octanol–water partition coefficient (Wildman–Crippen LogP) is 9.34. The molecule has 0 heterocycles. The highest BCUT2D eigenvalue weighted by Crippen LogP contribution is 2.56. The number of rotatable bonds is 10. The SMILES string of the molecule is CCCCc1ccc(-c2cccc3c2C(CCCC)(CCCC)c2ccccc2-3)cc1. The third kappa shape index (κ3) is 4.10. The molecule has 0 spiro atoms. The molecule has 0 N–H and O–H groups in total. The normalized spacial score (nSPS) is 13.8. The Morgan fingerprint density at radius 2 is 1.19 bits per heavy atom. The minimum absolute atomic E-state index is 0.148. The van der Waals surface area contributed by atoms with Gasteiger partial charge in [-0.3, -0.25) is 0 Å². The summed E-state index contributed by atoms with van der Waals surface area (Å²) in [6.45, 7) is 6.93. The molecule has 0 bridgehead atoms. The molecule has 3 aromatic rings. The van der Waals surface area contributed by atoms with E-state index >= 15 is 0 Å². The van der Waals surface area contributed by atoms with Crippen LogP contribution in [0.25, 0.3) is 22.3 Å². The van der Waals surface area contributed by atoms with Crippen molar-refractivity contribution in [2.24, 2.45) is 0 Å². The highest BCUT2D eigenvalue weighted by Gasteiger charge is 2.43. The molecule has 0 fully saturated rings. The van der Waals surface area contributed by atoms with Gasteiger partial charge in [-0.05, 0) is 64.6 Å². The fraction of sp³-hybridized carbons (Fsp3) is 0.419. The highest BCUT2D eigenvalue weighted by atomic mass is 14.5. The van der Waals surface area contributed by atoms with Crippen LogP contribution < -0.4 is 0 Å². The van der Waals surface area contributed by atoms with Crippen LogP contribution in [-0.2, 0) is 11.8 Å². The first kappa shape index (κ1) is 21.9. The van der Waals surface area contributed by atoms with E-state index in [0.29, 0.717) is 0 Å². The van der Waals surface area contributed by atoms with Crippen molar-refractivity contribution in [3.63, 3.8) is 0 Å². The summed E-state index contributed by atoms with van der Waals surface area (Å²) in [6.07, 6.45) is 11.3. The minimum atomic E-state index is 0.148. The molecular formula is C31H38. The molecule has 0 radical (unpaired) electrons. The maximum absolute atomic E-state index is 2.41. The van der Waals surface area contributed by atoms with Gasteiger partial charge >= 0.3 is 0 Å². The molecule has 162 valence electrons. The molecule has 0 saturated carbocycles. The molecule has 0 saturated heterocycles. The summed E-state index contributed by atoms with van der Waals surface area (Å²) >= 11 is 0. The smallest absolute Gasteiger partial charge is 0.0221 e. The maximum atomic E-state index is 2.41. The van der Waals surface area contributed by atoms with Gasteiger partial charge in [0.15, 0.2) is 0 Å². The van der Waals surface area contributed by atoms with Crippen LogP contribution in [0, 0.1) is 0 Å². The van der Waals surface area contributed by atoms with Crippen LogP contribution in [0.4, 0.5) is 0 Å². The third-order valence-electron chi connectivity index (χ3n) is 7.27. The van der Waals surface area contributed by atoms with Gasteiger partial charge in [-0.25, -0.2) is 0 Å². The van der Waals surface area contributed by atoms with E-state index in [2.05, 4.69) is 87.5 Å². The van der Waals surface area contributed by atoms with Gasteiger partial charge in [0, 0.05) is 5.41 Å². The Labute approximate surface area is 189 Å². The number of benzene rings is 3. The summed E-state index contributed by atoms with van der Waals surface area (Å²) < 4.78 is 0. The summed E-state index contributed by atoms with van der Waals surface area (Å²) in [7, 11) is 0. The summed E-state index contributed by atoms with van der Waals surface area (Å²) in [5.74, 6) is 0. The topological polar surface area (TPSA) is 0 Å². The van der Waals surface area contributed by atoms with Gasteiger partial charge in [-0.15, -0.1) is 0 Å². The second-order valence-corrected chi connectivity index (χ2v) is 9.36. The van der Waals surface area contributed by atoms with E-state index < -0.39 is 0 Å². The van der Waals surface area contributed by atoms with Gasteiger partial charge in [0.05, 0.1) is 0 Å². The van der Waals surface area contributed by atoms with Crippen LogP contribution in [0.2, 0.25) is 0 Å². The molecule has 0 heteroatoms. The van der Waals surface area contributed by atoms with Gasteiger partial charge in [-0.1, -0.05) is 120 Å². The summed E-state index contributed by atoms with van der Waals surface area (Å²) in [5.41, 5.74) is 10.5. The molecule has 31 heavy (non-hydrogen) atoms. The first-order valence-electron chi connectivity index (χ1n) is 12.6. The molecule has 3 aromatic carbocycles. The van der Waals surface area contributed by atoms with Gasteiger partial charge in [0.25, 0.3) is 0 Å². The first-order valence-corrected chi connectivity index (χ1v) is 12.6. The second kappa shape index (κ2) is 9.86. The van der Waals surface area contributed by atoms with Crippen molar-refractivity contribution in [3.05, 3.63) is 83.4 Å². The number of unbranched alkanes of at least 4 members (excludes halogenated alkanes) is 3. The molecular weight excluding hydrogens is 372 g/mol. The summed E-state index contributed by atoms with van der Waals surface area (Å²) in [6, 6.07) is 25.7. The van der Waals surface area contributed by atoms with Crippen molar-refractivity contribution in [2.45, 2.75) is 84.0 Å². The van der Waals surface area contributed by atoms with Crippen molar-refractivity contribution < 1.29 is 0 Å². The van der Waals surface area contributed by atoms with E-state index in [0.717, 1.165) is 0 Å². The Morgan fingerprint density at radius 1 is 0.581 bits per heavy atom. The molecule has 0 aliphatic heterocycles. The maximum Gasteiger partial charge on any atom is 0.0221 e. The number of hydrogen-bond acceptors (Lipinski definition) is 0. The Bertz CT molecular complexity index is 985. The quantitative estimate of drug-likeness (QED) is 0.312. The van der Waals surface area contributed by atoms with Crippen molar-refractivity contribution in [3.8, 4) is 22.3 Å². The lowest BCUT2D eigenvalue weighted by atomic mass is 9.69. The molecule has 0 unspecified atom stereocenters. The van der Waals surface area contributed by atoms with Gasteiger partial charge in [-0.2, -0.15) is 0 Å². The monoisotopic (exact) mass is 410 g/mol. The zero-order valence-corrected chi connectivity index (χ0v) is 19.7. The van der Waals surface area contributed by atoms with E-state index in [1.807, 2.05) is 0 Å². The Hall–Kier alpha value is -2.34. The average molecular weight is 411 g/mol. The lowest BCUT2D eigenvalue weighted by Crippen LogP contribution is -2.26. The lowest BCUT2D eigenvalue weighted by Gasteiger charge is -2.34. The standard InChI is InChI=1S/C31H38/c1-4-7-13-24-18-20-25(21-19-24)26-15-12-16-28-27-14-10-11-17-29(27)31(30(26)28,22-8-5-2)23-9-6-3/h10-12,14-21H,4-9,13,22-23H2,1-3H3. The minimum Gasteiger partial charge on any atom is -0.0654 e. The Balaban J connectivity index is 1.87. The fourth-order valence-electron chi connectivity index (χ4n) is 5.64. The molecule has 0 nitrogen and oxygen atoms in total. The van der Waals surface area contributed by atoms with Gasteiger partial charge < -0.3 is 0 Å². The predicted molar refractivity (Wildman–Crippen MR) is 136 cm³/mol. The number of fused-ring (bicyclic) bond motifs is 3. The Kier molecular flexibility index (Phi) is 6.96. The van der Waals surface area contributed by atoms with Crippen LogP contribution in [-0.4, -0.2) is 0 Å². The van der Waals surface area contributed by atoms with Crippen LogP contribution >= 0.6 is 0 Å². The first-order chi connectivity index (χ1) is 15.2. The van der Waals surface area contributed by atoms with E-state index in [9.17, 15) is 0 Å². The third-order valence-corrected chi connectivity index (χ3v) is 7.27. The van der Waals surface area contributed by atoms with E-state index in [-0.39, 0.29) is 5.41 Å².